The van der Waals surface area contributed by atoms with Gasteiger partial charge in [-0.3, -0.25) is 4.79 Å². The molecule has 0 aliphatic rings. The van der Waals surface area contributed by atoms with Gasteiger partial charge in [0.2, 0.25) is 5.75 Å². The molecule has 0 saturated heterocycles. The van der Waals surface area contributed by atoms with Gasteiger partial charge >= 0.3 is 0 Å². The van der Waals surface area contributed by atoms with Crippen molar-refractivity contribution in [3.63, 3.8) is 0 Å². The second-order valence-electron chi connectivity index (χ2n) is 5.44. The van der Waals surface area contributed by atoms with Crippen molar-refractivity contribution in [1.29, 1.82) is 0 Å². The topological polar surface area (TPSA) is 94.9 Å². The van der Waals surface area contributed by atoms with Crippen LogP contribution in [0.15, 0.2) is 28.5 Å². The summed E-state index contributed by atoms with van der Waals surface area (Å²) in [6.45, 7) is 3.78. The molecule has 0 fully saturated rings. The molecule has 0 atom stereocenters. The van der Waals surface area contributed by atoms with Crippen molar-refractivity contribution < 1.29 is 19.0 Å². The maximum Gasteiger partial charge on any atom is 0.250 e. The van der Waals surface area contributed by atoms with E-state index in [0.29, 0.717) is 28.0 Å². The van der Waals surface area contributed by atoms with Crippen LogP contribution in [0.1, 0.15) is 17.0 Å². The first-order valence-electron chi connectivity index (χ1n) is 8.04. The fraction of sp³-hybridized carbons (Fsp3) is 0.333. The van der Waals surface area contributed by atoms with Gasteiger partial charge in [0, 0.05) is 17.0 Å². The van der Waals surface area contributed by atoms with Gasteiger partial charge in [-0.2, -0.15) is 5.10 Å². The Hall–Kier alpha value is -2.81. The molecule has 144 valence electrons. The molecule has 1 heterocycles. The van der Waals surface area contributed by atoms with Gasteiger partial charge in [-0.15, -0.1) is 0 Å². The van der Waals surface area contributed by atoms with Crippen LogP contribution >= 0.6 is 11.8 Å². The van der Waals surface area contributed by atoms with Gasteiger partial charge in [0.25, 0.3) is 5.91 Å². The first-order chi connectivity index (χ1) is 13.0. The van der Waals surface area contributed by atoms with E-state index in [0.717, 1.165) is 11.4 Å². The molecule has 0 saturated carbocycles. The molecule has 0 aliphatic heterocycles. The summed E-state index contributed by atoms with van der Waals surface area (Å²) in [5.41, 5.74) is 4.84. The highest BCUT2D eigenvalue weighted by atomic mass is 32.2. The largest absolute Gasteiger partial charge is 0.493 e. The lowest BCUT2D eigenvalue weighted by molar-refractivity contribution is -0.118. The molecule has 1 N–H and O–H groups in total. The minimum absolute atomic E-state index is 0.156. The van der Waals surface area contributed by atoms with Crippen LogP contribution in [0.5, 0.6) is 17.2 Å². The quantitative estimate of drug-likeness (QED) is 0.320. The summed E-state index contributed by atoms with van der Waals surface area (Å²) in [6, 6.07) is 5.37. The number of amides is 1. The fourth-order valence-electron chi connectivity index (χ4n) is 2.32. The van der Waals surface area contributed by atoms with Gasteiger partial charge < -0.3 is 14.2 Å². The number of hydrogen-bond acceptors (Lipinski definition) is 8. The van der Waals surface area contributed by atoms with Crippen molar-refractivity contribution in [1.82, 2.24) is 15.4 Å². The number of carbonyl (C=O) groups is 1. The summed E-state index contributed by atoms with van der Waals surface area (Å²) < 4.78 is 15.9. The lowest BCUT2D eigenvalue weighted by Crippen LogP contribution is -2.20. The van der Waals surface area contributed by atoms with E-state index in [1.807, 2.05) is 19.9 Å². The van der Waals surface area contributed by atoms with E-state index in [9.17, 15) is 4.79 Å². The van der Waals surface area contributed by atoms with Crippen molar-refractivity contribution in [3.05, 3.63) is 35.2 Å². The first kappa shape index (κ1) is 20.5. The Morgan fingerprint density at radius 2 is 1.78 bits per heavy atom. The minimum atomic E-state index is -0.265. The minimum Gasteiger partial charge on any atom is -0.493 e. The summed E-state index contributed by atoms with van der Waals surface area (Å²) in [5.74, 6) is 1.35. The van der Waals surface area contributed by atoms with Crippen LogP contribution in [0.3, 0.4) is 0 Å². The molecule has 1 aromatic carbocycles. The lowest BCUT2D eigenvalue weighted by atomic mass is 10.2. The zero-order valence-corrected chi connectivity index (χ0v) is 16.7. The normalized spacial score (nSPS) is 10.7. The predicted molar refractivity (Wildman–Crippen MR) is 104 cm³/mol. The maximum atomic E-state index is 12.0. The van der Waals surface area contributed by atoms with Gasteiger partial charge in [0.1, 0.15) is 0 Å². The standard InChI is InChI=1S/C18H22N4O4S/c1-11-8-12(2)21-18(20-11)27-10-15(23)22-19-9-13-6-7-14(24-3)17(26-5)16(13)25-4/h6-9H,10H2,1-5H3,(H,22,23)/b19-9-. The molecule has 8 nitrogen and oxygen atoms in total. The number of hydrazone groups is 1. The van der Waals surface area contributed by atoms with Crippen LogP contribution in [0.2, 0.25) is 0 Å². The average Bonchev–Trinajstić information content (AvgIpc) is 2.64. The number of nitrogens with one attached hydrogen (secondary N) is 1. The lowest BCUT2D eigenvalue weighted by Gasteiger charge is -2.13. The van der Waals surface area contributed by atoms with Crippen molar-refractivity contribution in [2.75, 3.05) is 27.1 Å². The highest BCUT2D eigenvalue weighted by Crippen LogP contribution is 2.38. The predicted octanol–water partition coefficient (Wildman–Crippen LogP) is 2.36. The van der Waals surface area contributed by atoms with E-state index in [4.69, 9.17) is 14.2 Å². The van der Waals surface area contributed by atoms with E-state index >= 15 is 0 Å². The molecule has 2 rings (SSSR count). The molecule has 0 spiro atoms. The summed E-state index contributed by atoms with van der Waals surface area (Å²) in [6.07, 6.45) is 1.48. The Morgan fingerprint density at radius 1 is 1.11 bits per heavy atom. The van der Waals surface area contributed by atoms with E-state index < -0.39 is 0 Å². The van der Waals surface area contributed by atoms with Crippen LogP contribution in [-0.4, -0.2) is 49.2 Å². The van der Waals surface area contributed by atoms with E-state index in [1.54, 1.807) is 19.2 Å². The summed E-state index contributed by atoms with van der Waals surface area (Å²) >= 11 is 1.25. The van der Waals surface area contributed by atoms with Crippen LogP contribution in [-0.2, 0) is 4.79 Å². The number of nitrogens with zero attached hydrogens (tertiary/aromatic N) is 3. The Labute approximate surface area is 162 Å². The fourth-order valence-corrected chi connectivity index (χ4v) is 3.06. The van der Waals surface area contributed by atoms with Crippen LogP contribution in [0, 0.1) is 13.8 Å². The summed E-state index contributed by atoms with van der Waals surface area (Å²) in [7, 11) is 4.59. The Bertz CT molecular complexity index is 822. The van der Waals surface area contributed by atoms with Gasteiger partial charge in [-0.05, 0) is 32.0 Å². The Morgan fingerprint density at radius 3 is 2.37 bits per heavy atom. The van der Waals surface area contributed by atoms with Gasteiger partial charge in [0.05, 0.1) is 33.3 Å². The number of thioether (sulfide) groups is 1. The molecule has 1 aromatic heterocycles. The number of ether oxygens (including phenoxy) is 3. The smallest absolute Gasteiger partial charge is 0.250 e. The molecule has 2 aromatic rings. The molecule has 0 bridgehead atoms. The average molecular weight is 390 g/mol. The van der Waals surface area contributed by atoms with Crippen LogP contribution in [0.4, 0.5) is 0 Å². The first-order valence-corrected chi connectivity index (χ1v) is 9.03. The maximum absolute atomic E-state index is 12.0. The molecule has 1 amide bonds. The molecule has 27 heavy (non-hydrogen) atoms. The molecular formula is C18H22N4O4S. The SMILES string of the molecule is COc1ccc(/C=N\NC(=O)CSc2nc(C)cc(C)n2)c(OC)c1OC. The number of aromatic nitrogens is 2. The third kappa shape index (κ3) is 5.58. The number of hydrogen-bond donors (Lipinski definition) is 1. The van der Waals surface area contributed by atoms with E-state index in [2.05, 4.69) is 20.5 Å². The summed E-state index contributed by atoms with van der Waals surface area (Å²) in [4.78, 5) is 20.5. The second-order valence-corrected chi connectivity index (χ2v) is 6.38. The molecular weight excluding hydrogens is 368 g/mol. The number of carbonyl (C=O) groups excluding carboxylic acids is 1. The van der Waals surface area contributed by atoms with Crippen molar-refractivity contribution >= 4 is 23.9 Å². The third-order valence-electron chi connectivity index (χ3n) is 3.42. The number of benzene rings is 1. The number of aryl methyl sites for hydroxylation is 2. The highest BCUT2D eigenvalue weighted by molar-refractivity contribution is 7.99. The zero-order chi connectivity index (χ0) is 19.8. The molecule has 0 radical (unpaired) electrons. The van der Waals surface area contributed by atoms with Crippen LogP contribution < -0.4 is 19.6 Å². The second kappa shape index (κ2) is 9.77. The highest BCUT2D eigenvalue weighted by Gasteiger charge is 2.14. The third-order valence-corrected chi connectivity index (χ3v) is 4.27. The van der Waals surface area contributed by atoms with E-state index in [1.165, 1.54) is 32.2 Å². The van der Waals surface area contributed by atoms with Crippen molar-refractivity contribution in [2.45, 2.75) is 19.0 Å². The van der Waals surface area contributed by atoms with E-state index in [-0.39, 0.29) is 11.7 Å². The summed E-state index contributed by atoms with van der Waals surface area (Å²) in [5, 5.41) is 4.54. The van der Waals surface area contributed by atoms with Crippen molar-refractivity contribution in [2.24, 2.45) is 5.10 Å². The number of methoxy groups -OCH3 is 3. The molecule has 9 heteroatoms. The van der Waals surface area contributed by atoms with Crippen molar-refractivity contribution in [3.8, 4) is 17.2 Å². The zero-order valence-electron chi connectivity index (χ0n) is 15.9. The van der Waals surface area contributed by atoms with Crippen LogP contribution in [0.25, 0.3) is 0 Å². The molecule has 0 unspecified atom stereocenters. The number of rotatable bonds is 8. The monoisotopic (exact) mass is 390 g/mol. The van der Waals surface area contributed by atoms with Gasteiger partial charge in [0.15, 0.2) is 16.7 Å². The van der Waals surface area contributed by atoms with Gasteiger partial charge in [-0.25, -0.2) is 15.4 Å². The van der Waals surface area contributed by atoms with Gasteiger partial charge in [-0.1, -0.05) is 11.8 Å². The Kier molecular flexibility index (Phi) is 7.42. The molecule has 0 aliphatic carbocycles. The Balaban J connectivity index is 1.99.